The van der Waals surface area contributed by atoms with Gasteiger partial charge in [-0.2, -0.15) is 0 Å². The number of aryl methyl sites for hydroxylation is 2. The zero-order chi connectivity index (χ0) is 23.4. The Morgan fingerprint density at radius 1 is 1.12 bits per heavy atom. The molecule has 32 heavy (non-hydrogen) atoms. The van der Waals surface area contributed by atoms with E-state index >= 15 is 0 Å². The lowest BCUT2D eigenvalue weighted by atomic mass is 9.95. The lowest BCUT2D eigenvalue weighted by molar-refractivity contribution is -0.128. The molecule has 172 valence electrons. The number of carbonyl (C=O) groups is 2. The Morgan fingerprint density at radius 2 is 1.81 bits per heavy atom. The van der Waals surface area contributed by atoms with Crippen LogP contribution in [0.3, 0.4) is 0 Å². The first kappa shape index (κ1) is 23.5. The number of carbonyl (C=O) groups excluding carboxylic acids is 2. The predicted molar refractivity (Wildman–Crippen MR) is 121 cm³/mol. The van der Waals surface area contributed by atoms with Gasteiger partial charge in [-0.1, -0.05) is 0 Å². The number of hydrogen-bond donors (Lipinski definition) is 0. The quantitative estimate of drug-likeness (QED) is 0.687. The van der Waals surface area contributed by atoms with Crippen molar-refractivity contribution in [2.75, 3.05) is 41.4 Å². The standard InChI is InChI=1S/C24H32N4O4/c1-15-19(13-22(29)27(3)4)16(2)26-23(25-15)17-8-7-11-28(14-17)24(30)20-12-18(31-5)9-10-21(20)32-6/h9-10,12,17H,7-8,11,13-14H2,1-6H3. The van der Waals surface area contributed by atoms with Gasteiger partial charge in [0.2, 0.25) is 5.91 Å². The fourth-order valence-electron chi connectivity index (χ4n) is 4.04. The molecule has 0 saturated carbocycles. The van der Waals surface area contributed by atoms with Gasteiger partial charge in [0, 0.05) is 50.1 Å². The largest absolute Gasteiger partial charge is 0.497 e. The number of methoxy groups -OCH3 is 2. The van der Waals surface area contributed by atoms with E-state index in [4.69, 9.17) is 19.4 Å². The number of nitrogens with zero attached hydrogens (tertiary/aromatic N) is 4. The summed E-state index contributed by atoms with van der Waals surface area (Å²) in [6, 6.07) is 5.24. The molecule has 8 nitrogen and oxygen atoms in total. The van der Waals surface area contributed by atoms with Crippen LogP contribution in [-0.2, 0) is 11.2 Å². The maximum atomic E-state index is 13.3. The van der Waals surface area contributed by atoms with Crippen LogP contribution in [0.2, 0.25) is 0 Å². The Kier molecular flexibility index (Phi) is 7.33. The van der Waals surface area contributed by atoms with Gasteiger partial charge in [0.1, 0.15) is 17.3 Å². The first-order valence-corrected chi connectivity index (χ1v) is 10.8. The van der Waals surface area contributed by atoms with Crippen LogP contribution in [0.1, 0.15) is 51.9 Å². The van der Waals surface area contributed by atoms with Crippen LogP contribution in [0.15, 0.2) is 18.2 Å². The Bertz CT molecular complexity index is 982. The highest BCUT2D eigenvalue weighted by Gasteiger charge is 2.29. The van der Waals surface area contributed by atoms with Gasteiger partial charge in [0.05, 0.1) is 26.2 Å². The summed E-state index contributed by atoms with van der Waals surface area (Å²) in [4.78, 5) is 38.3. The Labute approximate surface area is 189 Å². The summed E-state index contributed by atoms with van der Waals surface area (Å²) < 4.78 is 10.7. The Hall–Kier alpha value is -3.16. The van der Waals surface area contributed by atoms with Crippen molar-refractivity contribution in [2.45, 2.75) is 39.0 Å². The van der Waals surface area contributed by atoms with E-state index in [1.165, 1.54) is 0 Å². The van der Waals surface area contributed by atoms with Crippen LogP contribution in [0.5, 0.6) is 11.5 Å². The van der Waals surface area contributed by atoms with Gasteiger partial charge in [-0.25, -0.2) is 9.97 Å². The van der Waals surface area contributed by atoms with Gasteiger partial charge in [0.15, 0.2) is 0 Å². The summed E-state index contributed by atoms with van der Waals surface area (Å²) >= 11 is 0. The zero-order valence-corrected chi connectivity index (χ0v) is 19.8. The minimum absolute atomic E-state index is 0.0224. The van der Waals surface area contributed by atoms with Crippen molar-refractivity contribution >= 4 is 11.8 Å². The maximum Gasteiger partial charge on any atom is 0.257 e. The predicted octanol–water partition coefficient (Wildman–Crippen LogP) is 2.76. The van der Waals surface area contributed by atoms with Gasteiger partial charge in [-0.05, 0) is 44.9 Å². The molecule has 8 heteroatoms. The van der Waals surface area contributed by atoms with E-state index in [9.17, 15) is 9.59 Å². The smallest absolute Gasteiger partial charge is 0.257 e. The first-order chi connectivity index (χ1) is 15.2. The van der Waals surface area contributed by atoms with Crippen molar-refractivity contribution in [3.8, 4) is 11.5 Å². The molecular formula is C24H32N4O4. The van der Waals surface area contributed by atoms with Crippen molar-refractivity contribution < 1.29 is 19.1 Å². The summed E-state index contributed by atoms with van der Waals surface area (Å²) in [7, 11) is 6.62. The number of likely N-dealkylation sites (N-methyl/N-ethyl adjacent to an activating group) is 1. The second-order valence-electron chi connectivity index (χ2n) is 8.35. The van der Waals surface area contributed by atoms with Crippen molar-refractivity contribution in [1.29, 1.82) is 0 Å². The van der Waals surface area contributed by atoms with Crippen LogP contribution in [0.25, 0.3) is 0 Å². The molecule has 1 aromatic carbocycles. The molecule has 0 bridgehead atoms. The van der Waals surface area contributed by atoms with E-state index < -0.39 is 0 Å². The molecule has 2 heterocycles. The van der Waals surface area contributed by atoms with E-state index in [0.29, 0.717) is 30.2 Å². The van der Waals surface area contributed by atoms with E-state index in [1.807, 2.05) is 18.7 Å². The van der Waals surface area contributed by atoms with Gasteiger partial charge in [-0.3, -0.25) is 9.59 Å². The van der Waals surface area contributed by atoms with Crippen LogP contribution in [0, 0.1) is 13.8 Å². The average molecular weight is 441 g/mol. The Balaban J connectivity index is 1.82. The van der Waals surface area contributed by atoms with Gasteiger partial charge in [0.25, 0.3) is 5.91 Å². The van der Waals surface area contributed by atoms with Crippen LogP contribution < -0.4 is 9.47 Å². The van der Waals surface area contributed by atoms with Crippen LogP contribution in [0.4, 0.5) is 0 Å². The third-order valence-corrected chi connectivity index (χ3v) is 5.98. The molecule has 1 unspecified atom stereocenters. The highest BCUT2D eigenvalue weighted by Crippen LogP contribution is 2.30. The maximum absolute atomic E-state index is 13.3. The molecule has 0 radical (unpaired) electrons. The van der Waals surface area contributed by atoms with Gasteiger partial charge in [-0.15, -0.1) is 0 Å². The molecule has 2 aromatic rings. The summed E-state index contributed by atoms with van der Waals surface area (Å²) in [5.74, 6) is 1.84. The minimum Gasteiger partial charge on any atom is -0.497 e. The number of aromatic nitrogens is 2. The summed E-state index contributed by atoms with van der Waals surface area (Å²) in [6.45, 7) is 5.05. The average Bonchev–Trinajstić information content (AvgIpc) is 2.80. The number of ether oxygens (including phenoxy) is 2. The molecule has 0 spiro atoms. The van der Waals surface area contributed by atoms with Crippen molar-refractivity contribution in [2.24, 2.45) is 0 Å². The molecule has 2 amide bonds. The fraction of sp³-hybridized carbons (Fsp3) is 0.500. The van der Waals surface area contributed by atoms with E-state index in [1.54, 1.807) is 51.4 Å². The molecule has 3 rings (SSSR count). The SMILES string of the molecule is COc1ccc(OC)c(C(=O)N2CCCC(c3nc(C)c(CC(=O)N(C)C)c(C)n3)C2)c1. The lowest BCUT2D eigenvalue weighted by Gasteiger charge is -2.32. The van der Waals surface area contributed by atoms with Crippen molar-refractivity contribution in [1.82, 2.24) is 19.8 Å². The first-order valence-electron chi connectivity index (χ1n) is 10.8. The normalized spacial score (nSPS) is 15.9. The van der Waals surface area contributed by atoms with Gasteiger partial charge >= 0.3 is 0 Å². The third-order valence-electron chi connectivity index (χ3n) is 5.98. The van der Waals surface area contributed by atoms with Crippen LogP contribution >= 0.6 is 0 Å². The molecule has 1 atom stereocenters. The second kappa shape index (κ2) is 9.97. The van der Waals surface area contributed by atoms with E-state index in [0.717, 1.165) is 35.6 Å². The molecule has 0 N–H and O–H groups in total. The zero-order valence-electron chi connectivity index (χ0n) is 19.8. The molecule has 1 aromatic heterocycles. The number of likely N-dealkylation sites (tertiary alicyclic amines) is 1. The minimum atomic E-state index is -0.0907. The monoisotopic (exact) mass is 440 g/mol. The summed E-state index contributed by atoms with van der Waals surface area (Å²) in [5, 5.41) is 0. The number of hydrogen-bond acceptors (Lipinski definition) is 6. The van der Waals surface area contributed by atoms with E-state index in [2.05, 4.69) is 0 Å². The van der Waals surface area contributed by atoms with Crippen molar-refractivity contribution in [3.63, 3.8) is 0 Å². The lowest BCUT2D eigenvalue weighted by Crippen LogP contribution is -2.39. The van der Waals surface area contributed by atoms with Crippen LogP contribution in [-0.4, -0.2) is 73.0 Å². The van der Waals surface area contributed by atoms with E-state index in [-0.39, 0.29) is 24.2 Å². The highest BCUT2D eigenvalue weighted by atomic mass is 16.5. The second-order valence-corrected chi connectivity index (χ2v) is 8.35. The highest BCUT2D eigenvalue weighted by molar-refractivity contribution is 5.97. The van der Waals surface area contributed by atoms with Crippen molar-refractivity contribution in [3.05, 3.63) is 46.5 Å². The Morgan fingerprint density at radius 3 is 2.41 bits per heavy atom. The molecule has 1 fully saturated rings. The number of amides is 2. The number of rotatable bonds is 6. The topological polar surface area (TPSA) is 84.9 Å². The van der Waals surface area contributed by atoms with Gasteiger partial charge < -0.3 is 19.3 Å². The fourth-order valence-corrected chi connectivity index (χ4v) is 4.04. The molecule has 0 aliphatic carbocycles. The molecule has 1 saturated heterocycles. The molecule has 1 aliphatic heterocycles. The summed E-state index contributed by atoms with van der Waals surface area (Å²) in [6.07, 6.45) is 2.06. The number of piperidine rings is 1. The number of benzene rings is 1. The molecule has 1 aliphatic rings. The third kappa shape index (κ3) is 5.00. The molecular weight excluding hydrogens is 408 g/mol. The summed E-state index contributed by atoms with van der Waals surface area (Å²) in [5.41, 5.74) is 3.00.